The van der Waals surface area contributed by atoms with Gasteiger partial charge < -0.3 is 35.0 Å². The first-order valence-electron chi connectivity index (χ1n) is 9.93. The average molecular weight is 462 g/mol. The van der Waals surface area contributed by atoms with E-state index in [0.717, 1.165) is 0 Å². The minimum atomic E-state index is -4.66. The smallest absolute Gasteiger partial charge is 0.468 e. The van der Waals surface area contributed by atoms with Crippen molar-refractivity contribution in [1.29, 1.82) is 0 Å². The number of aliphatic hydroxyl groups is 1. The van der Waals surface area contributed by atoms with Crippen molar-refractivity contribution in [3.05, 3.63) is 6.33 Å². The summed E-state index contributed by atoms with van der Waals surface area (Å²) in [5.74, 6) is 0.164. The molecule has 3 atom stereocenters. The van der Waals surface area contributed by atoms with Crippen LogP contribution < -0.4 is 10.5 Å². The first kappa shape index (κ1) is 25.4. The Morgan fingerprint density at radius 1 is 1.29 bits per heavy atom. The van der Waals surface area contributed by atoms with Gasteiger partial charge in [0, 0.05) is 6.42 Å². The molecule has 0 bridgehead atoms. The topological polar surface area (TPSA) is 178 Å². The van der Waals surface area contributed by atoms with E-state index >= 15 is 0 Å². The van der Waals surface area contributed by atoms with Crippen LogP contribution in [0.25, 0.3) is 11.2 Å². The summed E-state index contributed by atoms with van der Waals surface area (Å²) in [5.41, 5.74) is 6.44. The fourth-order valence-corrected chi connectivity index (χ4v) is 3.52. The molecule has 0 aliphatic carbocycles. The molecular formula is C17H31N6O7P. The Kier molecular flexibility index (Phi) is 9.13. The summed E-state index contributed by atoms with van der Waals surface area (Å²) in [7, 11) is -3.25. The van der Waals surface area contributed by atoms with Crippen molar-refractivity contribution in [2.75, 3.05) is 39.1 Å². The van der Waals surface area contributed by atoms with Gasteiger partial charge in [0.15, 0.2) is 17.0 Å². The van der Waals surface area contributed by atoms with Gasteiger partial charge in [0.2, 0.25) is 0 Å². The van der Waals surface area contributed by atoms with Crippen LogP contribution >= 0.6 is 7.82 Å². The van der Waals surface area contributed by atoms with Crippen molar-refractivity contribution in [2.45, 2.75) is 45.6 Å². The maximum atomic E-state index is 10.8. The monoisotopic (exact) mass is 462 g/mol. The minimum absolute atomic E-state index is 0.126. The van der Waals surface area contributed by atoms with Gasteiger partial charge in [-0.25, -0.2) is 14.5 Å². The number of imidazole rings is 1. The number of fused-ring (bicyclic) bond motifs is 1. The van der Waals surface area contributed by atoms with Crippen LogP contribution in [0.5, 0.6) is 6.01 Å². The summed E-state index contributed by atoms with van der Waals surface area (Å²) >= 11 is 0. The molecular weight excluding hydrogens is 431 g/mol. The van der Waals surface area contributed by atoms with Crippen molar-refractivity contribution < 1.29 is 33.5 Å². The number of phosphoric acid groups is 1. The zero-order chi connectivity index (χ0) is 23.2. The predicted octanol–water partition coefficient (Wildman–Crippen LogP) is 0.523. The highest BCUT2D eigenvalue weighted by atomic mass is 31.2. The molecule has 176 valence electrons. The summed E-state index contributed by atoms with van der Waals surface area (Å²) in [6.07, 6.45) is -1.26. The van der Waals surface area contributed by atoms with E-state index in [9.17, 15) is 9.67 Å². The number of phosphoric ester groups is 1. The second-order valence-electron chi connectivity index (χ2n) is 6.74. The zero-order valence-corrected chi connectivity index (χ0v) is 19.0. The Morgan fingerprint density at radius 3 is 2.45 bits per heavy atom. The fourth-order valence-electron chi connectivity index (χ4n) is 3.17. The summed E-state index contributed by atoms with van der Waals surface area (Å²) in [4.78, 5) is 32.0. The Balaban J connectivity index is 0.000000423. The number of hydrogen-bond donors (Lipinski definition) is 4. The third kappa shape index (κ3) is 6.56. The number of hydrogen-bond acceptors (Lipinski definition) is 10. The van der Waals surface area contributed by atoms with E-state index < -0.39 is 32.9 Å². The first-order valence-corrected chi connectivity index (χ1v) is 11.5. The van der Waals surface area contributed by atoms with Crippen LogP contribution in [-0.4, -0.2) is 84.9 Å². The molecule has 1 aliphatic heterocycles. The molecule has 0 radical (unpaired) electrons. The fraction of sp³-hybridized carbons (Fsp3) is 0.706. The van der Waals surface area contributed by atoms with Crippen LogP contribution in [0.1, 0.15) is 33.4 Å². The molecule has 3 heterocycles. The molecule has 0 saturated carbocycles. The number of aliphatic hydroxyl groups excluding tert-OH is 1. The van der Waals surface area contributed by atoms with Gasteiger partial charge in [0.1, 0.15) is 18.7 Å². The van der Waals surface area contributed by atoms with Gasteiger partial charge in [-0.05, 0) is 19.6 Å². The molecule has 2 aromatic heterocycles. The van der Waals surface area contributed by atoms with Gasteiger partial charge in [-0.2, -0.15) is 4.98 Å². The molecule has 3 rings (SSSR count). The molecule has 31 heavy (non-hydrogen) atoms. The lowest BCUT2D eigenvalue weighted by atomic mass is 10.2. The number of nitrogens with zero attached hydrogens (tertiary/aromatic N) is 5. The number of rotatable bonds is 8. The summed E-state index contributed by atoms with van der Waals surface area (Å²) in [6.45, 7) is 9.66. The van der Waals surface area contributed by atoms with Crippen molar-refractivity contribution in [3.8, 4) is 6.01 Å². The second kappa shape index (κ2) is 11.1. The SMILES string of the molecule is CCN(CC)CC.COc1nc2c(N)ncnc2n1[C@H]1C[C@H](O)[C@@H](COP(=O)(O)O)O1. The van der Waals surface area contributed by atoms with Crippen LogP contribution in [0.2, 0.25) is 0 Å². The molecule has 1 aliphatic rings. The molecule has 0 unspecified atom stereocenters. The molecule has 1 saturated heterocycles. The number of ether oxygens (including phenoxy) is 2. The highest BCUT2D eigenvalue weighted by Gasteiger charge is 2.38. The Labute approximate surface area is 180 Å². The zero-order valence-electron chi connectivity index (χ0n) is 18.1. The standard InChI is InChI=1S/C11H16N5O7P.C6H15N/c1-21-11-15-8-9(12)13-4-14-10(8)16(11)7-2-5(17)6(23-7)3-22-24(18,19)20;1-4-7(5-2)6-3/h4-7,17H,2-3H2,1H3,(H2,12,13,14)(H2,18,19,20);4-6H2,1-3H3/t5-,6+,7+;/m0./s1. The van der Waals surface area contributed by atoms with E-state index in [2.05, 4.69) is 45.1 Å². The molecule has 0 aromatic carbocycles. The third-order valence-electron chi connectivity index (χ3n) is 4.90. The van der Waals surface area contributed by atoms with E-state index in [1.54, 1.807) is 0 Å². The van der Waals surface area contributed by atoms with Crippen LogP contribution in [-0.2, 0) is 13.8 Å². The minimum Gasteiger partial charge on any atom is -0.468 e. The number of nitrogen functional groups attached to an aromatic ring is 1. The second-order valence-corrected chi connectivity index (χ2v) is 7.98. The van der Waals surface area contributed by atoms with Gasteiger partial charge in [-0.1, -0.05) is 20.8 Å². The molecule has 13 nitrogen and oxygen atoms in total. The maximum Gasteiger partial charge on any atom is 0.469 e. The number of nitrogens with two attached hydrogens (primary N) is 1. The van der Waals surface area contributed by atoms with Crippen LogP contribution in [0, 0.1) is 0 Å². The van der Waals surface area contributed by atoms with Crippen molar-refractivity contribution in [2.24, 2.45) is 0 Å². The summed E-state index contributed by atoms with van der Waals surface area (Å²) in [5, 5.41) is 10.1. The molecule has 5 N–H and O–H groups in total. The van der Waals surface area contributed by atoms with E-state index in [0.29, 0.717) is 11.2 Å². The van der Waals surface area contributed by atoms with Gasteiger partial charge in [0.25, 0.3) is 0 Å². The van der Waals surface area contributed by atoms with E-state index in [4.69, 9.17) is 25.0 Å². The lowest BCUT2D eigenvalue weighted by Gasteiger charge is -2.17. The quantitative estimate of drug-likeness (QED) is 0.400. The van der Waals surface area contributed by atoms with Gasteiger partial charge in [-0.3, -0.25) is 9.09 Å². The van der Waals surface area contributed by atoms with Crippen molar-refractivity contribution in [3.63, 3.8) is 0 Å². The third-order valence-corrected chi connectivity index (χ3v) is 5.38. The van der Waals surface area contributed by atoms with E-state index in [-0.39, 0.29) is 18.2 Å². The van der Waals surface area contributed by atoms with Gasteiger partial charge in [-0.15, -0.1) is 0 Å². The lowest BCUT2D eigenvalue weighted by molar-refractivity contribution is -0.0442. The number of anilines is 1. The maximum absolute atomic E-state index is 10.8. The van der Waals surface area contributed by atoms with Crippen LogP contribution in [0.3, 0.4) is 0 Å². The average Bonchev–Trinajstić information content (AvgIpc) is 3.28. The normalized spacial score (nSPS) is 21.4. The Hall–Kier alpha value is -1.86. The van der Waals surface area contributed by atoms with Gasteiger partial charge in [0.05, 0.1) is 19.8 Å². The largest absolute Gasteiger partial charge is 0.469 e. The molecule has 2 aromatic rings. The molecule has 0 amide bonds. The van der Waals surface area contributed by atoms with E-state index in [1.165, 1.54) is 37.6 Å². The van der Waals surface area contributed by atoms with Crippen molar-refractivity contribution in [1.82, 2.24) is 24.4 Å². The summed E-state index contributed by atoms with van der Waals surface area (Å²) < 4.78 is 27.5. The first-order chi connectivity index (χ1) is 14.6. The Morgan fingerprint density at radius 2 is 1.94 bits per heavy atom. The molecule has 1 fully saturated rings. The number of aromatic nitrogens is 4. The van der Waals surface area contributed by atoms with E-state index in [1.807, 2.05) is 0 Å². The summed E-state index contributed by atoms with van der Waals surface area (Å²) in [6, 6.07) is 0.158. The molecule has 14 heteroatoms. The predicted molar refractivity (Wildman–Crippen MR) is 112 cm³/mol. The highest BCUT2D eigenvalue weighted by Crippen LogP contribution is 2.39. The number of methoxy groups -OCH3 is 1. The molecule has 0 spiro atoms. The van der Waals surface area contributed by atoms with Crippen LogP contribution in [0.4, 0.5) is 5.82 Å². The Bertz CT molecular complexity index is 882. The lowest BCUT2D eigenvalue weighted by Crippen LogP contribution is -2.25. The van der Waals surface area contributed by atoms with Crippen LogP contribution in [0.15, 0.2) is 6.33 Å². The van der Waals surface area contributed by atoms with Crippen molar-refractivity contribution >= 4 is 24.8 Å². The van der Waals surface area contributed by atoms with Gasteiger partial charge >= 0.3 is 13.8 Å². The highest BCUT2D eigenvalue weighted by molar-refractivity contribution is 7.46.